The summed E-state index contributed by atoms with van der Waals surface area (Å²) in [5.41, 5.74) is 1.51. The summed E-state index contributed by atoms with van der Waals surface area (Å²) in [5, 5.41) is 9.01. The average Bonchev–Trinajstić information content (AvgIpc) is 2.48. The van der Waals surface area contributed by atoms with E-state index in [1.54, 1.807) is 26.2 Å². The van der Waals surface area contributed by atoms with E-state index in [0.717, 1.165) is 5.56 Å². The summed E-state index contributed by atoms with van der Waals surface area (Å²) in [6, 6.07) is 7.25. The van der Waals surface area contributed by atoms with Gasteiger partial charge in [-0.1, -0.05) is 23.7 Å². The van der Waals surface area contributed by atoms with Crippen LogP contribution in [0.3, 0.4) is 0 Å². The van der Waals surface area contributed by atoms with Crippen LogP contribution in [-0.2, 0) is 6.54 Å². The van der Waals surface area contributed by atoms with Gasteiger partial charge in [0.2, 0.25) is 0 Å². The number of aromatic nitrogens is 2. The largest absolute Gasteiger partial charge is 0.378 e. The Bertz CT molecular complexity index is 712. The molecule has 0 saturated heterocycles. The molecule has 0 bridgehead atoms. The summed E-state index contributed by atoms with van der Waals surface area (Å²) >= 11 is 5.88. The Hall–Kier alpha value is -2.34. The van der Waals surface area contributed by atoms with Crippen LogP contribution in [0.5, 0.6) is 0 Å². The number of hydrogen-bond donors (Lipinski definition) is 2. The lowest BCUT2D eigenvalue weighted by Crippen LogP contribution is -2.21. The Labute approximate surface area is 126 Å². The van der Waals surface area contributed by atoms with E-state index in [-0.39, 0.29) is 10.9 Å². The minimum atomic E-state index is -0.446. The van der Waals surface area contributed by atoms with E-state index in [4.69, 9.17) is 11.6 Å². The molecule has 0 aliphatic rings. The fourth-order valence-corrected chi connectivity index (χ4v) is 1.93. The summed E-state index contributed by atoms with van der Waals surface area (Å²) in [7, 11) is 3.41. The number of anilines is 1. The van der Waals surface area contributed by atoms with Crippen molar-refractivity contribution in [2.45, 2.75) is 6.54 Å². The highest BCUT2D eigenvalue weighted by atomic mass is 35.5. The van der Waals surface area contributed by atoms with Gasteiger partial charge in [-0.15, -0.1) is 0 Å². The number of nitrogens with one attached hydrogen (secondary N) is 2. The zero-order valence-electron chi connectivity index (χ0n) is 11.7. The van der Waals surface area contributed by atoms with Crippen molar-refractivity contribution in [3.05, 3.63) is 57.0 Å². The monoisotopic (exact) mass is 306 g/mol. The summed E-state index contributed by atoms with van der Waals surface area (Å²) < 4.78 is 0. The quantitative estimate of drug-likeness (QED) is 0.902. The maximum Gasteiger partial charge on any atom is 0.285 e. The van der Waals surface area contributed by atoms with Gasteiger partial charge < -0.3 is 10.2 Å². The van der Waals surface area contributed by atoms with Crippen LogP contribution >= 0.6 is 11.6 Å². The topological polar surface area (TPSA) is 78.1 Å². The van der Waals surface area contributed by atoms with Gasteiger partial charge in [0.1, 0.15) is 5.02 Å². The molecule has 0 atom stereocenters. The first kappa shape index (κ1) is 15.1. The van der Waals surface area contributed by atoms with E-state index < -0.39 is 5.56 Å². The lowest BCUT2D eigenvalue weighted by molar-refractivity contribution is 0.0827. The second-order valence-electron chi connectivity index (χ2n) is 4.68. The van der Waals surface area contributed by atoms with Crippen LogP contribution < -0.4 is 10.9 Å². The van der Waals surface area contributed by atoms with Crippen LogP contribution in [0.2, 0.25) is 5.02 Å². The minimum Gasteiger partial charge on any atom is -0.378 e. The average molecular weight is 307 g/mol. The van der Waals surface area contributed by atoms with Crippen LogP contribution in [0.1, 0.15) is 15.9 Å². The van der Waals surface area contributed by atoms with Crippen molar-refractivity contribution < 1.29 is 4.79 Å². The van der Waals surface area contributed by atoms with Gasteiger partial charge in [0.05, 0.1) is 11.9 Å². The number of amides is 1. The normalized spacial score (nSPS) is 10.2. The number of halogens is 1. The highest BCUT2D eigenvalue weighted by molar-refractivity contribution is 6.32. The van der Waals surface area contributed by atoms with Crippen molar-refractivity contribution in [2.75, 3.05) is 19.4 Å². The molecule has 1 aromatic carbocycles. The summed E-state index contributed by atoms with van der Waals surface area (Å²) in [4.78, 5) is 24.7. The van der Waals surface area contributed by atoms with Crippen molar-refractivity contribution in [3.63, 3.8) is 0 Å². The molecular weight excluding hydrogens is 292 g/mol. The van der Waals surface area contributed by atoms with E-state index in [1.807, 2.05) is 12.1 Å². The molecule has 0 aliphatic carbocycles. The smallest absolute Gasteiger partial charge is 0.285 e. The lowest BCUT2D eigenvalue weighted by Gasteiger charge is -2.12. The van der Waals surface area contributed by atoms with Gasteiger partial charge >= 0.3 is 0 Å². The number of hydrogen-bond acceptors (Lipinski definition) is 4. The standard InChI is InChI=1S/C14H15ClN4O2/c1-19(2)14(21)10-5-3-4-9(6-10)7-16-11-8-17-18-13(20)12(11)15/h3-6,8H,7H2,1-2H3,(H2,16,18,20). The van der Waals surface area contributed by atoms with Crippen LogP contribution in [0.15, 0.2) is 35.3 Å². The van der Waals surface area contributed by atoms with Crippen LogP contribution in [-0.4, -0.2) is 35.1 Å². The number of carbonyl (C=O) groups excluding carboxylic acids is 1. The third-order valence-corrected chi connectivity index (χ3v) is 3.23. The highest BCUT2D eigenvalue weighted by Crippen LogP contribution is 2.16. The zero-order valence-corrected chi connectivity index (χ0v) is 12.4. The highest BCUT2D eigenvalue weighted by Gasteiger charge is 2.09. The molecule has 1 heterocycles. The molecule has 6 nitrogen and oxygen atoms in total. The summed E-state index contributed by atoms with van der Waals surface area (Å²) in [5.74, 6) is -0.0623. The molecule has 1 amide bonds. The first-order valence-electron chi connectivity index (χ1n) is 6.26. The Kier molecular flexibility index (Phi) is 4.59. The second kappa shape index (κ2) is 6.41. The predicted molar refractivity (Wildman–Crippen MR) is 81.7 cm³/mol. The van der Waals surface area contributed by atoms with E-state index in [1.165, 1.54) is 11.1 Å². The van der Waals surface area contributed by atoms with Gasteiger partial charge in [0.25, 0.3) is 11.5 Å². The van der Waals surface area contributed by atoms with Crippen LogP contribution in [0, 0.1) is 0 Å². The zero-order chi connectivity index (χ0) is 15.4. The van der Waals surface area contributed by atoms with Crippen molar-refractivity contribution in [1.29, 1.82) is 0 Å². The number of H-pyrrole nitrogens is 1. The first-order valence-corrected chi connectivity index (χ1v) is 6.64. The number of rotatable bonds is 4. The first-order chi connectivity index (χ1) is 9.99. The van der Waals surface area contributed by atoms with Gasteiger partial charge in [-0.3, -0.25) is 9.59 Å². The molecular formula is C14H15ClN4O2. The van der Waals surface area contributed by atoms with E-state index in [9.17, 15) is 9.59 Å². The molecule has 21 heavy (non-hydrogen) atoms. The number of nitrogens with zero attached hydrogens (tertiary/aromatic N) is 2. The summed E-state index contributed by atoms with van der Waals surface area (Å²) in [6.45, 7) is 0.430. The molecule has 0 unspecified atom stereocenters. The van der Waals surface area contributed by atoms with Gasteiger partial charge in [-0.05, 0) is 17.7 Å². The van der Waals surface area contributed by atoms with Crippen molar-refractivity contribution in [3.8, 4) is 0 Å². The SMILES string of the molecule is CN(C)C(=O)c1cccc(CNc2cn[nH]c(=O)c2Cl)c1. The predicted octanol–water partition coefficient (Wildman–Crippen LogP) is 1.74. The van der Waals surface area contributed by atoms with Crippen molar-refractivity contribution in [2.24, 2.45) is 0 Å². The third-order valence-electron chi connectivity index (χ3n) is 2.86. The number of carbonyl (C=O) groups is 1. The fourth-order valence-electron chi connectivity index (χ4n) is 1.78. The minimum absolute atomic E-state index is 0.0607. The maximum absolute atomic E-state index is 11.9. The lowest BCUT2D eigenvalue weighted by atomic mass is 10.1. The second-order valence-corrected chi connectivity index (χ2v) is 5.06. The molecule has 0 fully saturated rings. The van der Waals surface area contributed by atoms with Gasteiger partial charge in [0, 0.05) is 26.2 Å². The molecule has 2 aromatic rings. The molecule has 0 radical (unpaired) electrons. The van der Waals surface area contributed by atoms with Crippen LogP contribution in [0.25, 0.3) is 0 Å². The van der Waals surface area contributed by atoms with E-state index in [2.05, 4.69) is 15.5 Å². The number of aromatic amines is 1. The molecule has 0 saturated carbocycles. The van der Waals surface area contributed by atoms with Gasteiger partial charge in [0.15, 0.2) is 0 Å². The maximum atomic E-state index is 11.9. The van der Waals surface area contributed by atoms with E-state index >= 15 is 0 Å². The Balaban J connectivity index is 2.14. The molecule has 1 aromatic heterocycles. The van der Waals surface area contributed by atoms with E-state index in [0.29, 0.717) is 17.8 Å². The van der Waals surface area contributed by atoms with Crippen LogP contribution in [0.4, 0.5) is 5.69 Å². The van der Waals surface area contributed by atoms with Gasteiger partial charge in [-0.2, -0.15) is 5.10 Å². The third kappa shape index (κ3) is 3.61. The molecule has 2 N–H and O–H groups in total. The van der Waals surface area contributed by atoms with Gasteiger partial charge in [-0.25, -0.2) is 5.10 Å². The van der Waals surface area contributed by atoms with Crippen molar-refractivity contribution in [1.82, 2.24) is 15.1 Å². The Morgan fingerprint density at radius 2 is 2.19 bits per heavy atom. The molecule has 7 heteroatoms. The Morgan fingerprint density at radius 3 is 2.90 bits per heavy atom. The molecule has 110 valence electrons. The molecule has 2 rings (SSSR count). The fraction of sp³-hybridized carbons (Fsp3) is 0.214. The molecule has 0 aliphatic heterocycles. The molecule has 0 spiro atoms. The summed E-state index contributed by atoms with van der Waals surface area (Å²) in [6.07, 6.45) is 1.44. The van der Waals surface area contributed by atoms with Crippen molar-refractivity contribution >= 4 is 23.2 Å². The Morgan fingerprint density at radius 1 is 1.43 bits per heavy atom. The number of benzene rings is 1.